The predicted molar refractivity (Wildman–Crippen MR) is 73.0 cm³/mol. The molecule has 1 aliphatic rings. The summed E-state index contributed by atoms with van der Waals surface area (Å²) in [6, 6.07) is 6.68. The first-order valence-corrected chi connectivity index (χ1v) is 8.01. The van der Waals surface area contributed by atoms with Crippen molar-refractivity contribution in [3.8, 4) is 6.07 Å². The summed E-state index contributed by atoms with van der Waals surface area (Å²) in [5.74, 6) is 0.813. The second-order valence-corrected chi connectivity index (χ2v) is 6.81. The van der Waals surface area contributed by atoms with E-state index in [0.29, 0.717) is 17.7 Å². The van der Waals surface area contributed by atoms with Gasteiger partial charge < -0.3 is 0 Å². The Hall–Kier alpha value is -1.38. The van der Waals surface area contributed by atoms with Crippen LogP contribution in [0.15, 0.2) is 23.1 Å². The third-order valence-corrected chi connectivity index (χ3v) is 4.99. The molecule has 1 saturated carbocycles. The molecule has 4 nitrogen and oxygen atoms in total. The Labute approximate surface area is 114 Å². The molecule has 0 radical (unpaired) electrons. The molecule has 1 aliphatic carbocycles. The summed E-state index contributed by atoms with van der Waals surface area (Å²) in [5.41, 5.74) is 1.03. The Kier molecular flexibility index (Phi) is 4.23. The zero-order valence-corrected chi connectivity index (χ0v) is 11.8. The largest absolute Gasteiger partial charge is 0.240 e. The van der Waals surface area contributed by atoms with Crippen LogP contribution in [0.5, 0.6) is 0 Å². The molecule has 0 aromatic heterocycles. The number of hydrogen-bond acceptors (Lipinski definition) is 3. The minimum atomic E-state index is -3.50. The van der Waals surface area contributed by atoms with E-state index in [9.17, 15) is 8.42 Å². The average Bonchev–Trinajstić information content (AvgIpc) is 3.19. The van der Waals surface area contributed by atoms with Gasteiger partial charge in [-0.2, -0.15) is 5.26 Å². The first-order valence-electron chi connectivity index (χ1n) is 6.53. The van der Waals surface area contributed by atoms with E-state index < -0.39 is 10.0 Å². The van der Waals surface area contributed by atoms with Gasteiger partial charge >= 0.3 is 0 Å². The van der Waals surface area contributed by atoms with Crippen LogP contribution in [-0.2, 0) is 10.0 Å². The molecular weight excluding hydrogens is 260 g/mol. The zero-order chi connectivity index (χ0) is 13.9. The molecule has 0 amide bonds. The number of hydrogen-bond donors (Lipinski definition) is 1. The van der Waals surface area contributed by atoms with Gasteiger partial charge in [-0.05, 0) is 43.4 Å². The number of rotatable bonds is 6. The molecule has 2 rings (SSSR count). The molecule has 1 N–H and O–H groups in total. The first kappa shape index (κ1) is 14.0. The highest BCUT2D eigenvalue weighted by atomic mass is 32.2. The van der Waals surface area contributed by atoms with Crippen molar-refractivity contribution in [3.05, 3.63) is 29.3 Å². The van der Waals surface area contributed by atoms with Gasteiger partial charge in [-0.3, -0.25) is 0 Å². The minimum absolute atomic E-state index is 0.206. The fourth-order valence-electron chi connectivity index (χ4n) is 2.04. The second-order valence-electron chi connectivity index (χ2n) is 5.08. The van der Waals surface area contributed by atoms with Crippen LogP contribution in [0.3, 0.4) is 0 Å². The lowest BCUT2D eigenvalue weighted by Crippen LogP contribution is -2.25. The Balaban J connectivity index is 2.03. The van der Waals surface area contributed by atoms with Crippen molar-refractivity contribution in [1.82, 2.24) is 4.72 Å². The number of sulfonamides is 1. The van der Waals surface area contributed by atoms with Crippen LogP contribution in [0.25, 0.3) is 0 Å². The second kappa shape index (κ2) is 5.72. The van der Waals surface area contributed by atoms with Crippen molar-refractivity contribution in [1.29, 1.82) is 5.26 Å². The molecule has 19 heavy (non-hydrogen) atoms. The maximum Gasteiger partial charge on any atom is 0.240 e. The van der Waals surface area contributed by atoms with Gasteiger partial charge in [-0.25, -0.2) is 13.1 Å². The van der Waals surface area contributed by atoms with Crippen molar-refractivity contribution >= 4 is 10.0 Å². The van der Waals surface area contributed by atoms with E-state index in [-0.39, 0.29) is 4.90 Å². The van der Waals surface area contributed by atoms with Crippen LogP contribution < -0.4 is 4.72 Å². The monoisotopic (exact) mass is 278 g/mol. The number of nitriles is 1. The molecule has 0 aliphatic heterocycles. The van der Waals surface area contributed by atoms with Gasteiger partial charge in [-0.15, -0.1) is 0 Å². The maximum atomic E-state index is 12.2. The lowest BCUT2D eigenvalue weighted by Gasteiger charge is -2.09. The highest BCUT2D eigenvalue weighted by Gasteiger charge is 2.21. The Morgan fingerprint density at radius 1 is 1.42 bits per heavy atom. The fraction of sp³-hybridized carbons (Fsp3) is 0.500. The van der Waals surface area contributed by atoms with Crippen LogP contribution in [0.1, 0.15) is 36.8 Å². The highest BCUT2D eigenvalue weighted by molar-refractivity contribution is 7.89. The SMILES string of the molecule is Cc1ccc(C#N)cc1S(=O)(=O)NCCCC1CC1. The average molecular weight is 278 g/mol. The molecule has 0 atom stereocenters. The summed E-state index contributed by atoms with van der Waals surface area (Å²) in [7, 11) is -3.50. The lowest BCUT2D eigenvalue weighted by atomic mass is 10.2. The van der Waals surface area contributed by atoms with E-state index in [1.807, 2.05) is 6.07 Å². The van der Waals surface area contributed by atoms with E-state index in [4.69, 9.17) is 5.26 Å². The zero-order valence-electron chi connectivity index (χ0n) is 11.0. The molecule has 1 aromatic carbocycles. The van der Waals surface area contributed by atoms with Crippen LogP contribution in [0, 0.1) is 24.2 Å². The van der Waals surface area contributed by atoms with E-state index >= 15 is 0 Å². The van der Waals surface area contributed by atoms with Crippen LogP contribution >= 0.6 is 0 Å². The Morgan fingerprint density at radius 2 is 2.16 bits per heavy atom. The molecule has 0 spiro atoms. The summed E-state index contributed by atoms with van der Waals surface area (Å²) in [6.45, 7) is 2.20. The van der Waals surface area contributed by atoms with Crippen molar-refractivity contribution < 1.29 is 8.42 Å². The normalized spacial score (nSPS) is 15.2. The van der Waals surface area contributed by atoms with Crippen LogP contribution in [0.2, 0.25) is 0 Å². The van der Waals surface area contributed by atoms with Crippen molar-refractivity contribution in [2.24, 2.45) is 5.92 Å². The van der Waals surface area contributed by atoms with E-state index in [2.05, 4.69) is 4.72 Å². The fourth-order valence-corrected chi connectivity index (χ4v) is 3.38. The Morgan fingerprint density at radius 3 is 2.79 bits per heavy atom. The molecule has 1 fully saturated rings. The lowest BCUT2D eigenvalue weighted by molar-refractivity contribution is 0.572. The molecule has 0 bridgehead atoms. The summed E-state index contributed by atoms with van der Waals surface area (Å²) < 4.78 is 26.9. The smallest absolute Gasteiger partial charge is 0.211 e. The standard InChI is InChI=1S/C14H18N2O2S/c1-11-4-5-13(10-15)9-14(11)19(17,18)16-8-2-3-12-6-7-12/h4-5,9,12,16H,2-3,6-8H2,1H3. The molecule has 0 unspecified atom stereocenters. The molecule has 5 heteroatoms. The van der Waals surface area contributed by atoms with Gasteiger partial charge in [0.15, 0.2) is 0 Å². The topological polar surface area (TPSA) is 70.0 Å². The maximum absolute atomic E-state index is 12.2. The molecular formula is C14H18N2O2S. The predicted octanol–water partition coefficient (Wildman–Crippen LogP) is 2.34. The molecule has 0 heterocycles. The van der Waals surface area contributed by atoms with Gasteiger partial charge in [0.1, 0.15) is 0 Å². The van der Waals surface area contributed by atoms with Gasteiger partial charge in [0, 0.05) is 6.54 Å². The number of nitrogens with zero attached hydrogens (tertiary/aromatic N) is 1. The number of nitrogens with one attached hydrogen (secondary N) is 1. The van der Waals surface area contributed by atoms with E-state index in [1.54, 1.807) is 19.1 Å². The van der Waals surface area contributed by atoms with Gasteiger partial charge in [0.05, 0.1) is 16.5 Å². The van der Waals surface area contributed by atoms with Crippen molar-refractivity contribution in [2.75, 3.05) is 6.54 Å². The minimum Gasteiger partial charge on any atom is -0.211 e. The Bertz CT molecular complexity index is 598. The summed E-state index contributed by atoms with van der Waals surface area (Å²) in [5, 5.41) is 8.84. The van der Waals surface area contributed by atoms with Gasteiger partial charge in [0.25, 0.3) is 0 Å². The van der Waals surface area contributed by atoms with Crippen molar-refractivity contribution in [3.63, 3.8) is 0 Å². The van der Waals surface area contributed by atoms with Crippen molar-refractivity contribution in [2.45, 2.75) is 37.5 Å². The molecule has 0 saturated heterocycles. The van der Waals surface area contributed by atoms with E-state index in [1.165, 1.54) is 18.9 Å². The molecule has 102 valence electrons. The summed E-state index contributed by atoms with van der Waals surface area (Å²) in [6.07, 6.45) is 4.55. The number of aryl methyl sites for hydroxylation is 1. The quantitative estimate of drug-likeness (QED) is 0.812. The number of benzene rings is 1. The highest BCUT2D eigenvalue weighted by Crippen LogP contribution is 2.33. The van der Waals surface area contributed by atoms with E-state index in [0.717, 1.165) is 18.8 Å². The first-order chi connectivity index (χ1) is 9.03. The molecule has 1 aromatic rings. The third-order valence-electron chi connectivity index (χ3n) is 3.38. The summed E-state index contributed by atoms with van der Waals surface area (Å²) >= 11 is 0. The van der Waals surface area contributed by atoms with Gasteiger partial charge in [0.2, 0.25) is 10.0 Å². The van der Waals surface area contributed by atoms with Gasteiger partial charge in [-0.1, -0.05) is 18.9 Å². The summed E-state index contributed by atoms with van der Waals surface area (Å²) in [4.78, 5) is 0.206. The third kappa shape index (κ3) is 3.79. The van der Waals surface area contributed by atoms with Crippen LogP contribution in [0.4, 0.5) is 0 Å². The van der Waals surface area contributed by atoms with Crippen LogP contribution in [-0.4, -0.2) is 15.0 Å².